The van der Waals surface area contributed by atoms with E-state index in [9.17, 15) is 9.18 Å². The van der Waals surface area contributed by atoms with E-state index < -0.39 is 5.82 Å². The Bertz CT molecular complexity index is 677. The van der Waals surface area contributed by atoms with Crippen molar-refractivity contribution < 1.29 is 9.18 Å². The van der Waals surface area contributed by atoms with E-state index in [1.807, 2.05) is 0 Å². The van der Waals surface area contributed by atoms with Gasteiger partial charge < -0.3 is 4.90 Å². The van der Waals surface area contributed by atoms with Crippen LogP contribution in [0.1, 0.15) is 21.7 Å². The van der Waals surface area contributed by atoms with E-state index in [0.29, 0.717) is 13.1 Å². The van der Waals surface area contributed by atoms with Crippen molar-refractivity contribution in [2.24, 2.45) is 0 Å². The van der Waals surface area contributed by atoms with Crippen LogP contribution in [0.5, 0.6) is 0 Å². The highest BCUT2D eigenvalue weighted by molar-refractivity contribution is 9.10. The van der Waals surface area contributed by atoms with E-state index in [4.69, 9.17) is 0 Å². The van der Waals surface area contributed by atoms with Crippen LogP contribution in [-0.4, -0.2) is 41.9 Å². The molecule has 0 radical (unpaired) electrons. The summed E-state index contributed by atoms with van der Waals surface area (Å²) in [5.74, 6) is -0.681. The first kappa shape index (κ1) is 16.6. The third-order valence-electron chi connectivity index (χ3n) is 3.99. The Kier molecular flexibility index (Phi) is 5.46. The molecule has 1 aromatic carbocycles. The van der Waals surface area contributed by atoms with Gasteiger partial charge in [-0.2, -0.15) is 0 Å². The van der Waals surface area contributed by atoms with E-state index in [1.54, 1.807) is 28.4 Å². The van der Waals surface area contributed by atoms with Crippen LogP contribution in [0.15, 0.2) is 40.2 Å². The van der Waals surface area contributed by atoms with Crippen molar-refractivity contribution in [2.75, 3.05) is 26.2 Å². The minimum absolute atomic E-state index is 0.145. The van der Waals surface area contributed by atoms with Gasteiger partial charge in [-0.05, 0) is 36.1 Å². The van der Waals surface area contributed by atoms with Gasteiger partial charge in [0, 0.05) is 42.1 Å². The van der Waals surface area contributed by atoms with Crippen LogP contribution in [-0.2, 0) is 6.54 Å². The number of carbonyl (C=O) groups is 1. The summed E-state index contributed by atoms with van der Waals surface area (Å²) in [5.41, 5.74) is 0.145. The number of carbonyl (C=O) groups excluding carboxylic acids is 1. The number of benzene rings is 1. The van der Waals surface area contributed by atoms with Crippen LogP contribution in [0.4, 0.5) is 4.39 Å². The molecule has 122 valence electrons. The highest BCUT2D eigenvalue weighted by atomic mass is 79.9. The second-order valence-corrected chi connectivity index (χ2v) is 7.57. The third-order valence-corrected chi connectivity index (χ3v) is 5.35. The van der Waals surface area contributed by atoms with Gasteiger partial charge in [0.2, 0.25) is 0 Å². The highest BCUT2D eigenvalue weighted by Crippen LogP contribution is 2.19. The number of amides is 1. The quantitative estimate of drug-likeness (QED) is 0.782. The van der Waals surface area contributed by atoms with E-state index in [-0.39, 0.29) is 11.5 Å². The number of halogens is 2. The van der Waals surface area contributed by atoms with Crippen LogP contribution in [0, 0.1) is 5.82 Å². The monoisotopic (exact) mass is 396 g/mol. The summed E-state index contributed by atoms with van der Waals surface area (Å²) in [4.78, 5) is 18.1. The zero-order valence-corrected chi connectivity index (χ0v) is 15.1. The van der Waals surface area contributed by atoms with Crippen molar-refractivity contribution in [3.05, 3.63) is 56.4 Å². The van der Waals surface area contributed by atoms with Gasteiger partial charge in [-0.25, -0.2) is 4.39 Å². The molecule has 0 atom stereocenters. The van der Waals surface area contributed by atoms with Gasteiger partial charge in [0.25, 0.3) is 5.91 Å². The average Bonchev–Trinajstić information content (AvgIpc) is 2.94. The Hall–Kier alpha value is -1.24. The number of thiophene rings is 1. The molecular weight excluding hydrogens is 379 g/mol. The lowest BCUT2D eigenvalue weighted by Crippen LogP contribution is -2.35. The van der Waals surface area contributed by atoms with Crippen LogP contribution in [0.2, 0.25) is 0 Å². The first-order valence-electron chi connectivity index (χ1n) is 7.62. The minimum atomic E-state index is -0.460. The lowest BCUT2D eigenvalue weighted by molar-refractivity contribution is 0.0756. The Labute approximate surface area is 147 Å². The van der Waals surface area contributed by atoms with Crippen LogP contribution >= 0.6 is 27.3 Å². The molecule has 1 aliphatic rings. The molecule has 2 heterocycles. The summed E-state index contributed by atoms with van der Waals surface area (Å²) in [5, 5.41) is 2.08. The molecule has 23 heavy (non-hydrogen) atoms. The standard InChI is InChI=1S/C17H18BrFN2OS/c18-13-4-5-16(19)15(11-13)17(22)21-7-2-6-20(8-9-21)12-14-3-1-10-23-14/h1,3-5,10-11H,2,6-9,12H2. The molecule has 3 nitrogen and oxygen atoms in total. The molecule has 1 fully saturated rings. The summed E-state index contributed by atoms with van der Waals surface area (Å²) >= 11 is 5.06. The van der Waals surface area contributed by atoms with Crippen molar-refractivity contribution in [3.63, 3.8) is 0 Å². The molecule has 6 heteroatoms. The van der Waals surface area contributed by atoms with Gasteiger partial charge >= 0.3 is 0 Å². The smallest absolute Gasteiger partial charge is 0.256 e. The van der Waals surface area contributed by atoms with Gasteiger partial charge in [-0.3, -0.25) is 9.69 Å². The maximum Gasteiger partial charge on any atom is 0.256 e. The first-order chi connectivity index (χ1) is 11.1. The average molecular weight is 397 g/mol. The number of rotatable bonds is 3. The molecule has 1 aromatic heterocycles. The van der Waals surface area contributed by atoms with Crippen molar-refractivity contribution in [3.8, 4) is 0 Å². The number of hydrogen-bond donors (Lipinski definition) is 0. The van der Waals surface area contributed by atoms with Crippen LogP contribution < -0.4 is 0 Å². The maximum atomic E-state index is 13.9. The predicted octanol–water partition coefficient (Wildman–Crippen LogP) is 4.00. The molecule has 1 amide bonds. The summed E-state index contributed by atoms with van der Waals surface area (Å²) in [6, 6.07) is 8.69. The van der Waals surface area contributed by atoms with Crippen molar-refractivity contribution in [1.82, 2.24) is 9.80 Å². The molecule has 2 aromatic rings. The maximum absolute atomic E-state index is 13.9. The van der Waals surface area contributed by atoms with Gasteiger partial charge in [0.05, 0.1) is 5.56 Å². The lowest BCUT2D eigenvalue weighted by Gasteiger charge is -2.22. The Balaban J connectivity index is 1.65. The molecule has 1 saturated heterocycles. The fourth-order valence-corrected chi connectivity index (χ4v) is 3.89. The molecule has 3 rings (SSSR count). The molecular formula is C17H18BrFN2OS. The van der Waals surface area contributed by atoms with Gasteiger partial charge in [0.15, 0.2) is 0 Å². The molecule has 0 aliphatic carbocycles. The summed E-state index contributed by atoms with van der Waals surface area (Å²) in [7, 11) is 0. The number of nitrogens with zero attached hydrogens (tertiary/aromatic N) is 2. The fraction of sp³-hybridized carbons (Fsp3) is 0.353. The Morgan fingerprint density at radius 1 is 1.22 bits per heavy atom. The van der Waals surface area contributed by atoms with Crippen molar-refractivity contribution >= 4 is 33.2 Å². The van der Waals surface area contributed by atoms with Crippen LogP contribution in [0.3, 0.4) is 0 Å². The van der Waals surface area contributed by atoms with Gasteiger partial charge in [0.1, 0.15) is 5.82 Å². The fourth-order valence-electron chi connectivity index (χ4n) is 2.79. The van der Waals surface area contributed by atoms with E-state index in [0.717, 1.165) is 30.5 Å². The summed E-state index contributed by atoms with van der Waals surface area (Å²) < 4.78 is 14.6. The van der Waals surface area contributed by atoms with Crippen molar-refractivity contribution in [2.45, 2.75) is 13.0 Å². The molecule has 0 spiro atoms. The minimum Gasteiger partial charge on any atom is -0.337 e. The van der Waals surface area contributed by atoms with Crippen molar-refractivity contribution in [1.29, 1.82) is 0 Å². The largest absolute Gasteiger partial charge is 0.337 e. The zero-order chi connectivity index (χ0) is 16.2. The molecule has 0 N–H and O–H groups in total. The molecule has 0 unspecified atom stereocenters. The van der Waals surface area contributed by atoms with Gasteiger partial charge in [-0.1, -0.05) is 22.0 Å². The molecule has 1 aliphatic heterocycles. The van der Waals surface area contributed by atoms with Crippen LogP contribution in [0.25, 0.3) is 0 Å². The predicted molar refractivity (Wildman–Crippen MR) is 94.2 cm³/mol. The van der Waals surface area contributed by atoms with E-state index in [1.165, 1.54) is 10.9 Å². The topological polar surface area (TPSA) is 23.6 Å². The second-order valence-electron chi connectivity index (χ2n) is 5.63. The third kappa shape index (κ3) is 4.19. The zero-order valence-electron chi connectivity index (χ0n) is 12.7. The van der Waals surface area contributed by atoms with E-state index >= 15 is 0 Å². The first-order valence-corrected chi connectivity index (χ1v) is 9.30. The SMILES string of the molecule is O=C(c1cc(Br)ccc1F)N1CCCN(Cc2cccs2)CC1. The highest BCUT2D eigenvalue weighted by Gasteiger charge is 2.22. The lowest BCUT2D eigenvalue weighted by atomic mass is 10.2. The second kappa shape index (κ2) is 7.55. The van der Waals surface area contributed by atoms with E-state index in [2.05, 4.69) is 38.3 Å². The van der Waals surface area contributed by atoms with Gasteiger partial charge in [-0.15, -0.1) is 11.3 Å². The normalized spacial score (nSPS) is 16.3. The molecule has 0 saturated carbocycles. The number of hydrogen-bond acceptors (Lipinski definition) is 3. The Morgan fingerprint density at radius 3 is 2.87 bits per heavy atom. The summed E-state index contributed by atoms with van der Waals surface area (Å²) in [6.45, 7) is 4.01. The molecule has 0 bridgehead atoms. The summed E-state index contributed by atoms with van der Waals surface area (Å²) in [6.07, 6.45) is 0.909. The Morgan fingerprint density at radius 2 is 2.09 bits per heavy atom.